The third kappa shape index (κ3) is 2.54. The van der Waals surface area contributed by atoms with Gasteiger partial charge in [0, 0.05) is 6.61 Å². The van der Waals surface area contributed by atoms with E-state index in [0.29, 0.717) is 12.0 Å². The summed E-state index contributed by atoms with van der Waals surface area (Å²) in [6.45, 7) is -0.106. The molecule has 0 amide bonds. The van der Waals surface area contributed by atoms with Gasteiger partial charge in [0.1, 0.15) is 0 Å². The normalized spacial score (nSPS) is 9.93. The average Bonchev–Trinajstić information content (AvgIpc) is 2.17. The highest BCUT2D eigenvalue weighted by Crippen LogP contribution is 2.13. The lowest BCUT2D eigenvalue weighted by molar-refractivity contribution is 0.0651. The molecule has 0 unspecified atom stereocenters. The molecular formula is C10H10O5. The lowest BCUT2D eigenvalue weighted by atomic mass is 10.0. The van der Waals surface area contributed by atoms with Crippen LogP contribution in [0.5, 0.6) is 0 Å². The number of rotatable bonds is 4. The summed E-state index contributed by atoms with van der Waals surface area (Å²) >= 11 is 0. The summed E-state index contributed by atoms with van der Waals surface area (Å²) in [4.78, 5) is 21.4. The van der Waals surface area contributed by atoms with E-state index in [4.69, 9.17) is 15.3 Å². The molecule has 0 heterocycles. The Hall–Kier alpha value is -1.88. The molecule has 5 nitrogen and oxygen atoms in total. The molecule has 0 aromatic heterocycles. The van der Waals surface area contributed by atoms with Crippen LogP contribution in [0.15, 0.2) is 18.2 Å². The van der Waals surface area contributed by atoms with E-state index >= 15 is 0 Å². The molecule has 0 saturated heterocycles. The number of carbonyl (C=O) groups is 2. The van der Waals surface area contributed by atoms with Gasteiger partial charge >= 0.3 is 11.9 Å². The van der Waals surface area contributed by atoms with E-state index in [1.54, 1.807) is 0 Å². The minimum Gasteiger partial charge on any atom is -0.478 e. The molecule has 1 aromatic rings. The maximum atomic E-state index is 10.8. The van der Waals surface area contributed by atoms with Gasteiger partial charge in [-0.1, -0.05) is 6.07 Å². The molecule has 0 aliphatic carbocycles. The fourth-order valence-electron chi connectivity index (χ4n) is 1.24. The zero-order valence-corrected chi connectivity index (χ0v) is 7.80. The minimum absolute atomic E-state index is 0.106. The molecule has 0 aliphatic heterocycles. The zero-order chi connectivity index (χ0) is 11.4. The fourth-order valence-corrected chi connectivity index (χ4v) is 1.24. The molecule has 0 fully saturated rings. The molecule has 0 atom stereocenters. The molecular weight excluding hydrogens is 200 g/mol. The number of carboxylic acid groups (broad SMARTS) is 2. The number of aliphatic hydroxyl groups is 1. The summed E-state index contributed by atoms with van der Waals surface area (Å²) < 4.78 is 0. The third-order valence-corrected chi connectivity index (χ3v) is 1.95. The maximum absolute atomic E-state index is 10.8. The van der Waals surface area contributed by atoms with Crippen molar-refractivity contribution in [3.63, 3.8) is 0 Å². The first-order chi connectivity index (χ1) is 7.06. The van der Waals surface area contributed by atoms with Gasteiger partial charge in [0.05, 0.1) is 11.1 Å². The van der Waals surface area contributed by atoms with Crippen LogP contribution in [0.4, 0.5) is 0 Å². The van der Waals surface area contributed by atoms with E-state index in [9.17, 15) is 9.59 Å². The quantitative estimate of drug-likeness (QED) is 0.677. The van der Waals surface area contributed by atoms with Gasteiger partial charge in [0.15, 0.2) is 0 Å². The second-order valence-electron chi connectivity index (χ2n) is 2.96. The number of benzene rings is 1. The standard InChI is InChI=1S/C10H10O5/c11-4-3-6-1-2-7(9(12)13)8(5-6)10(14)15/h1-2,5,11H,3-4H2,(H,12,13)(H,14,15). The highest BCUT2D eigenvalue weighted by molar-refractivity contribution is 6.01. The Morgan fingerprint density at radius 3 is 2.13 bits per heavy atom. The van der Waals surface area contributed by atoms with Crippen LogP contribution in [-0.4, -0.2) is 33.9 Å². The number of carboxylic acids is 2. The monoisotopic (exact) mass is 210 g/mol. The Morgan fingerprint density at radius 1 is 1.07 bits per heavy atom. The van der Waals surface area contributed by atoms with Gasteiger partial charge in [-0.2, -0.15) is 0 Å². The minimum atomic E-state index is -1.29. The van der Waals surface area contributed by atoms with Gasteiger partial charge in [-0.05, 0) is 24.1 Å². The van der Waals surface area contributed by atoms with E-state index in [2.05, 4.69) is 0 Å². The van der Waals surface area contributed by atoms with E-state index in [1.807, 2.05) is 0 Å². The molecule has 0 saturated carbocycles. The highest BCUT2D eigenvalue weighted by Gasteiger charge is 2.15. The fraction of sp³-hybridized carbons (Fsp3) is 0.200. The van der Waals surface area contributed by atoms with Crippen LogP contribution >= 0.6 is 0 Å². The molecule has 80 valence electrons. The average molecular weight is 210 g/mol. The van der Waals surface area contributed by atoms with Crippen LogP contribution < -0.4 is 0 Å². The summed E-state index contributed by atoms with van der Waals surface area (Å²) in [5.74, 6) is -2.56. The Labute approximate surface area is 85.6 Å². The van der Waals surface area contributed by atoms with Crippen molar-refractivity contribution in [3.8, 4) is 0 Å². The zero-order valence-electron chi connectivity index (χ0n) is 7.80. The van der Waals surface area contributed by atoms with Gasteiger partial charge in [-0.15, -0.1) is 0 Å². The van der Waals surface area contributed by atoms with Crippen LogP contribution in [0.25, 0.3) is 0 Å². The first-order valence-corrected chi connectivity index (χ1v) is 4.26. The Balaban J connectivity index is 3.21. The van der Waals surface area contributed by atoms with Gasteiger partial charge in [-0.3, -0.25) is 0 Å². The Morgan fingerprint density at radius 2 is 1.67 bits per heavy atom. The van der Waals surface area contributed by atoms with Crippen molar-refractivity contribution >= 4 is 11.9 Å². The van der Waals surface area contributed by atoms with E-state index in [0.717, 1.165) is 0 Å². The van der Waals surface area contributed by atoms with Crippen LogP contribution in [0.3, 0.4) is 0 Å². The first-order valence-electron chi connectivity index (χ1n) is 4.26. The summed E-state index contributed by atoms with van der Waals surface area (Å²) in [5.41, 5.74) is 0.0949. The van der Waals surface area contributed by atoms with Crippen molar-refractivity contribution in [3.05, 3.63) is 34.9 Å². The maximum Gasteiger partial charge on any atom is 0.336 e. The number of aromatic carboxylic acids is 2. The van der Waals surface area contributed by atoms with E-state index in [-0.39, 0.29) is 17.7 Å². The van der Waals surface area contributed by atoms with Crippen molar-refractivity contribution in [2.24, 2.45) is 0 Å². The van der Waals surface area contributed by atoms with Crippen LogP contribution in [-0.2, 0) is 6.42 Å². The Bertz CT molecular complexity index is 397. The third-order valence-electron chi connectivity index (χ3n) is 1.95. The van der Waals surface area contributed by atoms with Crippen LogP contribution in [0, 0.1) is 0 Å². The molecule has 1 aromatic carbocycles. The number of hydrogen-bond donors (Lipinski definition) is 3. The lowest BCUT2D eigenvalue weighted by Gasteiger charge is -2.04. The topological polar surface area (TPSA) is 94.8 Å². The van der Waals surface area contributed by atoms with Gasteiger partial charge < -0.3 is 15.3 Å². The van der Waals surface area contributed by atoms with Gasteiger partial charge in [0.2, 0.25) is 0 Å². The van der Waals surface area contributed by atoms with Crippen molar-refractivity contribution in [1.29, 1.82) is 0 Å². The van der Waals surface area contributed by atoms with Crippen LogP contribution in [0.2, 0.25) is 0 Å². The molecule has 3 N–H and O–H groups in total. The highest BCUT2D eigenvalue weighted by atomic mass is 16.4. The van der Waals surface area contributed by atoms with Crippen molar-refractivity contribution in [1.82, 2.24) is 0 Å². The largest absolute Gasteiger partial charge is 0.478 e. The van der Waals surface area contributed by atoms with Crippen molar-refractivity contribution in [2.45, 2.75) is 6.42 Å². The van der Waals surface area contributed by atoms with Crippen molar-refractivity contribution < 1.29 is 24.9 Å². The summed E-state index contributed by atoms with van der Waals surface area (Å²) in [6.07, 6.45) is 0.306. The number of aliphatic hydroxyl groups excluding tert-OH is 1. The predicted octanol–water partition coefficient (Wildman–Crippen LogP) is 0.618. The summed E-state index contributed by atoms with van der Waals surface area (Å²) in [6, 6.07) is 3.99. The summed E-state index contributed by atoms with van der Waals surface area (Å²) in [5, 5.41) is 26.2. The van der Waals surface area contributed by atoms with Gasteiger partial charge in [-0.25, -0.2) is 9.59 Å². The summed E-state index contributed by atoms with van der Waals surface area (Å²) in [7, 11) is 0. The molecule has 0 bridgehead atoms. The van der Waals surface area contributed by atoms with E-state index < -0.39 is 11.9 Å². The Kier molecular flexibility index (Phi) is 3.41. The second-order valence-corrected chi connectivity index (χ2v) is 2.96. The molecule has 0 radical (unpaired) electrons. The molecule has 0 spiro atoms. The van der Waals surface area contributed by atoms with E-state index in [1.165, 1.54) is 18.2 Å². The smallest absolute Gasteiger partial charge is 0.336 e. The first kappa shape index (κ1) is 11.2. The molecule has 1 rings (SSSR count). The van der Waals surface area contributed by atoms with Crippen LogP contribution in [0.1, 0.15) is 26.3 Å². The molecule has 0 aliphatic rings. The molecule has 15 heavy (non-hydrogen) atoms. The van der Waals surface area contributed by atoms with Gasteiger partial charge in [0.25, 0.3) is 0 Å². The predicted molar refractivity (Wildman–Crippen MR) is 51.2 cm³/mol. The second kappa shape index (κ2) is 4.56. The molecule has 5 heteroatoms. The lowest BCUT2D eigenvalue weighted by Crippen LogP contribution is -2.09. The van der Waals surface area contributed by atoms with Crippen molar-refractivity contribution in [2.75, 3.05) is 6.61 Å². The number of hydrogen-bond acceptors (Lipinski definition) is 3. The SMILES string of the molecule is O=C(O)c1ccc(CCO)cc1C(=O)O.